The zero-order chi connectivity index (χ0) is 12.7. The smallest absolute Gasteiger partial charge is 0.126 e. The van der Waals surface area contributed by atoms with Crippen molar-refractivity contribution in [3.8, 4) is 11.1 Å². The first-order valence-electron chi connectivity index (χ1n) is 6.26. The number of fused-ring (bicyclic) bond motifs is 1. The molecule has 1 aliphatic rings. The van der Waals surface area contributed by atoms with Crippen LogP contribution in [0.25, 0.3) is 11.1 Å². The van der Waals surface area contributed by atoms with Crippen molar-refractivity contribution < 1.29 is 4.39 Å². The number of benzene rings is 1. The molecule has 0 unspecified atom stereocenters. The summed E-state index contributed by atoms with van der Waals surface area (Å²) in [5.74, 6) is -0.170. The number of nitrogens with zero attached hydrogens (tertiary/aromatic N) is 2. The average Bonchev–Trinajstić information content (AvgIpc) is 2.92. The van der Waals surface area contributed by atoms with Crippen molar-refractivity contribution in [1.82, 2.24) is 9.78 Å². The Hall–Kier alpha value is -1.68. The van der Waals surface area contributed by atoms with E-state index in [1.165, 1.54) is 11.8 Å². The van der Waals surface area contributed by atoms with Crippen LogP contribution in [0.2, 0.25) is 0 Å². The molecule has 0 saturated heterocycles. The fourth-order valence-electron chi connectivity index (χ4n) is 2.66. The SMILES string of the molecule is Cc1cc(-c2c(CN)nn3c2CCC3)ccc1F. The molecule has 0 saturated carbocycles. The molecule has 0 fully saturated rings. The second-order valence-corrected chi connectivity index (χ2v) is 4.76. The van der Waals surface area contributed by atoms with Crippen molar-refractivity contribution >= 4 is 0 Å². The van der Waals surface area contributed by atoms with E-state index in [0.717, 1.165) is 36.2 Å². The molecule has 0 bridgehead atoms. The van der Waals surface area contributed by atoms with E-state index in [1.54, 1.807) is 6.92 Å². The van der Waals surface area contributed by atoms with Gasteiger partial charge in [-0.05, 0) is 43.0 Å². The Kier molecular flexibility index (Phi) is 2.67. The number of hydrogen-bond donors (Lipinski definition) is 1. The molecule has 2 N–H and O–H groups in total. The third-order valence-electron chi connectivity index (χ3n) is 3.55. The molecule has 2 heterocycles. The van der Waals surface area contributed by atoms with Crippen LogP contribution >= 0.6 is 0 Å². The fourth-order valence-corrected chi connectivity index (χ4v) is 2.66. The van der Waals surface area contributed by atoms with Crippen LogP contribution in [0.3, 0.4) is 0 Å². The molecule has 0 amide bonds. The zero-order valence-corrected chi connectivity index (χ0v) is 10.4. The highest BCUT2D eigenvalue weighted by atomic mass is 19.1. The highest BCUT2D eigenvalue weighted by molar-refractivity contribution is 5.70. The Morgan fingerprint density at radius 1 is 1.44 bits per heavy atom. The van der Waals surface area contributed by atoms with Crippen LogP contribution in [-0.2, 0) is 19.5 Å². The molecule has 1 aromatic carbocycles. The predicted octanol–water partition coefficient (Wildman–Crippen LogP) is 2.40. The number of hydrogen-bond acceptors (Lipinski definition) is 2. The van der Waals surface area contributed by atoms with Gasteiger partial charge in [-0.2, -0.15) is 5.10 Å². The van der Waals surface area contributed by atoms with E-state index in [1.807, 2.05) is 16.8 Å². The summed E-state index contributed by atoms with van der Waals surface area (Å²) in [6.45, 7) is 3.17. The van der Waals surface area contributed by atoms with E-state index in [4.69, 9.17) is 5.73 Å². The van der Waals surface area contributed by atoms with Crippen molar-refractivity contribution in [2.75, 3.05) is 0 Å². The second kappa shape index (κ2) is 4.21. The summed E-state index contributed by atoms with van der Waals surface area (Å²) in [7, 11) is 0. The molecule has 1 aromatic heterocycles. The maximum Gasteiger partial charge on any atom is 0.126 e. The largest absolute Gasteiger partial charge is 0.325 e. The van der Waals surface area contributed by atoms with Gasteiger partial charge >= 0.3 is 0 Å². The van der Waals surface area contributed by atoms with Crippen molar-refractivity contribution in [3.63, 3.8) is 0 Å². The first kappa shape index (κ1) is 11.4. The van der Waals surface area contributed by atoms with E-state index in [9.17, 15) is 4.39 Å². The van der Waals surface area contributed by atoms with Gasteiger partial charge in [-0.15, -0.1) is 0 Å². The number of nitrogens with two attached hydrogens (primary N) is 1. The molecule has 0 atom stereocenters. The van der Waals surface area contributed by atoms with Gasteiger partial charge < -0.3 is 5.73 Å². The lowest BCUT2D eigenvalue weighted by molar-refractivity contribution is 0.619. The quantitative estimate of drug-likeness (QED) is 0.883. The normalized spacial score (nSPS) is 13.9. The fraction of sp³-hybridized carbons (Fsp3) is 0.357. The number of aryl methyl sites for hydroxylation is 2. The zero-order valence-electron chi connectivity index (χ0n) is 10.4. The Balaban J connectivity index is 2.18. The number of rotatable bonds is 2. The highest BCUT2D eigenvalue weighted by Gasteiger charge is 2.22. The maximum atomic E-state index is 13.4. The number of aromatic nitrogens is 2. The predicted molar refractivity (Wildman–Crippen MR) is 68.6 cm³/mol. The minimum Gasteiger partial charge on any atom is -0.325 e. The van der Waals surface area contributed by atoms with E-state index >= 15 is 0 Å². The summed E-state index contributed by atoms with van der Waals surface area (Å²) >= 11 is 0. The lowest BCUT2D eigenvalue weighted by atomic mass is 9.99. The molecule has 2 aromatic rings. The Labute approximate surface area is 105 Å². The molecule has 3 rings (SSSR count). The number of halogens is 1. The standard InChI is InChI=1S/C14H16FN3/c1-9-7-10(4-5-11(9)15)14-12(8-16)17-18-6-2-3-13(14)18/h4-5,7H,2-3,6,8,16H2,1H3. The minimum absolute atomic E-state index is 0.170. The molecular formula is C14H16FN3. The van der Waals surface area contributed by atoms with E-state index < -0.39 is 0 Å². The van der Waals surface area contributed by atoms with E-state index in [-0.39, 0.29) is 5.82 Å². The molecule has 18 heavy (non-hydrogen) atoms. The molecule has 0 aliphatic carbocycles. The van der Waals surface area contributed by atoms with Crippen LogP contribution in [-0.4, -0.2) is 9.78 Å². The topological polar surface area (TPSA) is 43.8 Å². The molecule has 3 nitrogen and oxygen atoms in total. The Morgan fingerprint density at radius 2 is 2.28 bits per heavy atom. The highest BCUT2D eigenvalue weighted by Crippen LogP contribution is 2.32. The van der Waals surface area contributed by atoms with Gasteiger partial charge in [0.2, 0.25) is 0 Å². The van der Waals surface area contributed by atoms with Gasteiger partial charge in [-0.1, -0.05) is 6.07 Å². The maximum absolute atomic E-state index is 13.4. The summed E-state index contributed by atoms with van der Waals surface area (Å²) in [6.07, 6.45) is 2.15. The summed E-state index contributed by atoms with van der Waals surface area (Å²) < 4.78 is 15.4. The van der Waals surface area contributed by atoms with Crippen LogP contribution in [0, 0.1) is 12.7 Å². The molecular weight excluding hydrogens is 229 g/mol. The van der Waals surface area contributed by atoms with Gasteiger partial charge in [0.25, 0.3) is 0 Å². The van der Waals surface area contributed by atoms with Crippen molar-refractivity contribution in [1.29, 1.82) is 0 Å². The van der Waals surface area contributed by atoms with E-state index in [2.05, 4.69) is 5.10 Å². The molecule has 1 aliphatic heterocycles. The average molecular weight is 245 g/mol. The van der Waals surface area contributed by atoms with E-state index in [0.29, 0.717) is 12.1 Å². The van der Waals surface area contributed by atoms with Gasteiger partial charge in [0.1, 0.15) is 5.82 Å². The first-order chi connectivity index (χ1) is 8.70. The summed E-state index contributed by atoms with van der Waals surface area (Å²) in [4.78, 5) is 0. The van der Waals surface area contributed by atoms with Crippen LogP contribution < -0.4 is 5.73 Å². The van der Waals surface area contributed by atoms with Crippen LogP contribution in [0.1, 0.15) is 23.4 Å². The van der Waals surface area contributed by atoms with Gasteiger partial charge in [0, 0.05) is 24.3 Å². The minimum atomic E-state index is -0.170. The van der Waals surface area contributed by atoms with Crippen molar-refractivity contribution in [2.24, 2.45) is 5.73 Å². The first-order valence-corrected chi connectivity index (χ1v) is 6.26. The summed E-state index contributed by atoms with van der Waals surface area (Å²) in [5, 5.41) is 4.54. The second-order valence-electron chi connectivity index (χ2n) is 4.76. The van der Waals surface area contributed by atoms with Crippen LogP contribution in [0.5, 0.6) is 0 Å². The lowest BCUT2D eigenvalue weighted by Gasteiger charge is -2.05. The molecule has 4 heteroatoms. The van der Waals surface area contributed by atoms with Gasteiger partial charge in [0.05, 0.1) is 5.69 Å². The van der Waals surface area contributed by atoms with Crippen LogP contribution in [0.4, 0.5) is 4.39 Å². The monoisotopic (exact) mass is 245 g/mol. The molecule has 94 valence electrons. The van der Waals surface area contributed by atoms with Gasteiger partial charge in [0.15, 0.2) is 0 Å². The van der Waals surface area contributed by atoms with Crippen LogP contribution in [0.15, 0.2) is 18.2 Å². The summed E-state index contributed by atoms with van der Waals surface area (Å²) in [6, 6.07) is 5.21. The molecule has 0 radical (unpaired) electrons. The Bertz CT molecular complexity index is 601. The third kappa shape index (κ3) is 1.64. The van der Waals surface area contributed by atoms with Crippen molar-refractivity contribution in [2.45, 2.75) is 32.9 Å². The van der Waals surface area contributed by atoms with Gasteiger partial charge in [-0.3, -0.25) is 4.68 Å². The summed E-state index contributed by atoms with van der Waals surface area (Å²) in [5.41, 5.74) is 10.7. The van der Waals surface area contributed by atoms with Gasteiger partial charge in [-0.25, -0.2) is 4.39 Å². The Morgan fingerprint density at radius 3 is 3.00 bits per heavy atom. The third-order valence-corrected chi connectivity index (χ3v) is 3.55. The molecule has 0 spiro atoms. The van der Waals surface area contributed by atoms with Crippen molar-refractivity contribution in [3.05, 3.63) is 41.0 Å². The lowest BCUT2D eigenvalue weighted by Crippen LogP contribution is -2.01.